The molecule has 0 atom stereocenters. The summed E-state index contributed by atoms with van der Waals surface area (Å²) in [4.78, 5) is 11.3. The Balaban J connectivity index is 0.000000791. The van der Waals surface area contributed by atoms with E-state index in [4.69, 9.17) is 0 Å². The molecule has 0 fully saturated rings. The zero-order chi connectivity index (χ0) is 11.0. The number of hydrogen-bond acceptors (Lipinski definition) is 1. The molecule has 0 heterocycles. The zero-order valence-corrected chi connectivity index (χ0v) is 9.37. The van der Waals surface area contributed by atoms with E-state index in [-0.39, 0.29) is 11.9 Å². The Labute approximate surface area is 86.3 Å². The fourth-order valence-corrected chi connectivity index (χ4v) is 0.935. The largest absolute Gasteiger partial charge is 0.350 e. The topological polar surface area (TPSA) is 29.1 Å². The molecule has 1 aromatic carbocycles. The van der Waals surface area contributed by atoms with E-state index in [1.54, 1.807) is 12.1 Å². The predicted octanol–water partition coefficient (Wildman–Crippen LogP) is 2.85. The van der Waals surface area contributed by atoms with Crippen molar-refractivity contribution in [1.82, 2.24) is 5.32 Å². The maximum atomic E-state index is 11.3. The van der Waals surface area contributed by atoms with Crippen LogP contribution in [0.4, 0.5) is 0 Å². The molecule has 2 heteroatoms. The van der Waals surface area contributed by atoms with Gasteiger partial charge in [0.15, 0.2) is 0 Å². The molecule has 0 saturated heterocycles. The van der Waals surface area contributed by atoms with Gasteiger partial charge in [-0.05, 0) is 26.0 Å². The van der Waals surface area contributed by atoms with E-state index in [0.717, 1.165) is 0 Å². The lowest BCUT2D eigenvalue weighted by Gasteiger charge is -2.07. The Hall–Kier alpha value is -1.31. The molecule has 0 spiro atoms. The van der Waals surface area contributed by atoms with Crippen LogP contribution in [0.1, 0.15) is 38.1 Å². The van der Waals surface area contributed by atoms with Gasteiger partial charge in [0.05, 0.1) is 0 Å². The van der Waals surface area contributed by atoms with Gasteiger partial charge in [-0.15, -0.1) is 0 Å². The molecule has 0 aliphatic rings. The second-order valence-electron chi connectivity index (χ2n) is 2.99. The molecule has 0 unspecified atom stereocenters. The molecule has 0 bridgehead atoms. The van der Waals surface area contributed by atoms with E-state index in [1.165, 1.54) is 0 Å². The van der Waals surface area contributed by atoms with Gasteiger partial charge in [0.25, 0.3) is 5.91 Å². The summed E-state index contributed by atoms with van der Waals surface area (Å²) in [6, 6.07) is 9.41. The van der Waals surface area contributed by atoms with Gasteiger partial charge in [-0.25, -0.2) is 0 Å². The summed E-state index contributed by atoms with van der Waals surface area (Å²) in [6.07, 6.45) is 0. The Kier molecular flexibility index (Phi) is 6.46. The van der Waals surface area contributed by atoms with Gasteiger partial charge in [0.1, 0.15) is 0 Å². The molecule has 2 nitrogen and oxygen atoms in total. The number of rotatable bonds is 2. The van der Waals surface area contributed by atoms with E-state index in [9.17, 15) is 4.79 Å². The molecule has 0 aliphatic heterocycles. The van der Waals surface area contributed by atoms with Crippen molar-refractivity contribution in [3.63, 3.8) is 0 Å². The monoisotopic (exact) mass is 193 g/mol. The number of nitrogens with one attached hydrogen (secondary N) is 1. The molecule has 0 aromatic heterocycles. The van der Waals surface area contributed by atoms with Crippen LogP contribution < -0.4 is 5.32 Å². The number of benzene rings is 1. The molecular formula is C12H19NO. The molecule has 0 saturated carbocycles. The molecule has 0 radical (unpaired) electrons. The summed E-state index contributed by atoms with van der Waals surface area (Å²) >= 11 is 0. The van der Waals surface area contributed by atoms with Crippen LogP contribution in [0.15, 0.2) is 30.3 Å². The Morgan fingerprint density at radius 2 is 1.64 bits per heavy atom. The number of amides is 1. The highest BCUT2D eigenvalue weighted by Gasteiger charge is 2.04. The molecule has 1 aromatic rings. The molecule has 1 N–H and O–H groups in total. The minimum atomic E-state index is -0.00870. The lowest BCUT2D eigenvalue weighted by Crippen LogP contribution is -2.29. The first-order valence-electron chi connectivity index (χ1n) is 5.06. The van der Waals surface area contributed by atoms with E-state index in [0.29, 0.717) is 5.56 Å². The van der Waals surface area contributed by atoms with Crippen molar-refractivity contribution in [3.8, 4) is 0 Å². The third-order valence-corrected chi connectivity index (χ3v) is 1.46. The lowest BCUT2D eigenvalue weighted by atomic mass is 10.2. The van der Waals surface area contributed by atoms with Crippen LogP contribution in [0.25, 0.3) is 0 Å². The van der Waals surface area contributed by atoms with E-state index in [2.05, 4.69) is 5.32 Å². The van der Waals surface area contributed by atoms with Crippen molar-refractivity contribution in [2.75, 3.05) is 0 Å². The van der Waals surface area contributed by atoms with E-state index < -0.39 is 0 Å². The first-order valence-corrected chi connectivity index (χ1v) is 5.06. The van der Waals surface area contributed by atoms with Gasteiger partial charge < -0.3 is 5.32 Å². The van der Waals surface area contributed by atoms with Crippen molar-refractivity contribution in [1.29, 1.82) is 0 Å². The maximum Gasteiger partial charge on any atom is 0.251 e. The standard InChI is InChI=1S/C10H13NO.C2H6/c1-8(2)11-10(12)9-6-4-3-5-7-9;1-2/h3-8H,1-2H3,(H,11,12);1-2H3. The van der Waals surface area contributed by atoms with Crippen LogP contribution in [0.5, 0.6) is 0 Å². The highest BCUT2D eigenvalue weighted by Crippen LogP contribution is 1.98. The Morgan fingerprint density at radius 3 is 2.07 bits per heavy atom. The van der Waals surface area contributed by atoms with Crippen LogP contribution in [0, 0.1) is 0 Å². The van der Waals surface area contributed by atoms with Gasteiger partial charge in [-0.2, -0.15) is 0 Å². The van der Waals surface area contributed by atoms with Crippen molar-refractivity contribution < 1.29 is 4.79 Å². The molecule has 1 rings (SSSR count). The number of hydrogen-bond donors (Lipinski definition) is 1. The molecular weight excluding hydrogens is 174 g/mol. The molecule has 14 heavy (non-hydrogen) atoms. The van der Waals surface area contributed by atoms with Crippen LogP contribution in [-0.2, 0) is 0 Å². The van der Waals surface area contributed by atoms with Gasteiger partial charge in [0.2, 0.25) is 0 Å². The average Bonchev–Trinajstić information content (AvgIpc) is 2.21. The van der Waals surface area contributed by atoms with Gasteiger partial charge >= 0.3 is 0 Å². The fraction of sp³-hybridized carbons (Fsp3) is 0.417. The molecule has 0 aliphatic carbocycles. The van der Waals surface area contributed by atoms with Crippen molar-refractivity contribution >= 4 is 5.91 Å². The zero-order valence-electron chi connectivity index (χ0n) is 9.37. The van der Waals surface area contributed by atoms with E-state index in [1.807, 2.05) is 45.9 Å². The minimum Gasteiger partial charge on any atom is -0.350 e. The lowest BCUT2D eigenvalue weighted by molar-refractivity contribution is 0.0943. The maximum absolute atomic E-state index is 11.3. The van der Waals surface area contributed by atoms with Crippen molar-refractivity contribution in [2.24, 2.45) is 0 Å². The minimum absolute atomic E-state index is 0.00870. The van der Waals surface area contributed by atoms with Crippen LogP contribution >= 0.6 is 0 Å². The summed E-state index contributed by atoms with van der Waals surface area (Å²) in [7, 11) is 0. The highest BCUT2D eigenvalue weighted by atomic mass is 16.1. The van der Waals surface area contributed by atoms with Crippen molar-refractivity contribution in [3.05, 3.63) is 35.9 Å². The first-order chi connectivity index (χ1) is 6.70. The molecule has 1 amide bonds. The van der Waals surface area contributed by atoms with Gasteiger partial charge in [-0.3, -0.25) is 4.79 Å². The van der Waals surface area contributed by atoms with Gasteiger partial charge in [-0.1, -0.05) is 32.0 Å². The average molecular weight is 193 g/mol. The normalized spacial score (nSPS) is 8.93. The predicted molar refractivity (Wildman–Crippen MR) is 60.4 cm³/mol. The van der Waals surface area contributed by atoms with Crippen molar-refractivity contribution in [2.45, 2.75) is 33.7 Å². The quantitative estimate of drug-likeness (QED) is 0.768. The Bertz CT molecular complexity index is 254. The first kappa shape index (κ1) is 12.7. The van der Waals surface area contributed by atoms with Crippen LogP contribution in [0.2, 0.25) is 0 Å². The smallest absolute Gasteiger partial charge is 0.251 e. The highest BCUT2D eigenvalue weighted by molar-refractivity contribution is 5.94. The number of carbonyl (C=O) groups is 1. The van der Waals surface area contributed by atoms with Crippen LogP contribution in [0.3, 0.4) is 0 Å². The summed E-state index contributed by atoms with van der Waals surface area (Å²) in [6.45, 7) is 7.89. The second kappa shape index (κ2) is 7.13. The fourth-order valence-electron chi connectivity index (χ4n) is 0.935. The SMILES string of the molecule is CC.CC(C)NC(=O)c1ccccc1. The third kappa shape index (κ3) is 4.65. The summed E-state index contributed by atoms with van der Waals surface area (Å²) in [5.74, 6) is -0.00870. The van der Waals surface area contributed by atoms with Crippen LogP contribution in [-0.4, -0.2) is 11.9 Å². The third-order valence-electron chi connectivity index (χ3n) is 1.46. The summed E-state index contributed by atoms with van der Waals surface area (Å²) in [5.41, 5.74) is 0.714. The molecule has 78 valence electrons. The Morgan fingerprint density at radius 1 is 1.14 bits per heavy atom. The van der Waals surface area contributed by atoms with E-state index >= 15 is 0 Å². The van der Waals surface area contributed by atoms with Gasteiger partial charge in [0, 0.05) is 11.6 Å². The summed E-state index contributed by atoms with van der Waals surface area (Å²) < 4.78 is 0. The second-order valence-corrected chi connectivity index (χ2v) is 2.99. The number of carbonyl (C=O) groups excluding carboxylic acids is 1. The summed E-state index contributed by atoms with van der Waals surface area (Å²) in [5, 5.41) is 2.82.